The molecule has 0 aliphatic rings. The molecule has 6 aromatic rings. The number of methoxy groups -OCH3 is 1. The van der Waals surface area contributed by atoms with Crippen LogP contribution in [0.15, 0.2) is 131 Å². The van der Waals surface area contributed by atoms with Crippen LogP contribution in [0, 0.1) is 17.0 Å². The molecule has 20 heteroatoms. The monoisotopic (exact) mass is 769 g/mol. The Balaban J connectivity index is 1.34. The van der Waals surface area contributed by atoms with Gasteiger partial charge in [-0.05, 0) is 55.0 Å². The summed E-state index contributed by atoms with van der Waals surface area (Å²) in [6.45, 7) is 1.76. The third-order valence-electron chi connectivity index (χ3n) is 8.01. The van der Waals surface area contributed by atoms with Gasteiger partial charge in [-0.15, -0.1) is 20.5 Å². The predicted octanol–water partition coefficient (Wildman–Crippen LogP) is 9.12. The molecule has 0 aliphatic heterocycles. The standard InChI is InChI=1S/C34H27N9O9S2/c1-18-12-30(42-41-29-16-31(43(44)45)25(36)15-24(29)35)32(52-2)17-28(18)40-39-27-11-10-26(20-6-3-4-7-21(20)27)38-37-19-13-23-22(34(14-19)54(49,50)51)8-5-9-33(23)53(46,47)48/h3-17H,35-36H2,1-2H3,(H,46,47,48)(H,49,50,51). The molecule has 274 valence electrons. The smallest absolute Gasteiger partial charge is 0.295 e. The zero-order valence-electron chi connectivity index (χ0n) is 28.0. The van der Waals surface area contributed by atoms with E-state index < -0.39 is 35.0 Å². The van der Waals surface area contributed by atoms with E-state index in [1.165, 1.54) is 31.4 Å². The van der Waals surface area contributed by atoms with Crippen molar-refractivity contribution >= 4 is 93.0 Å². The molecule has 0 heterocycles. The van der Waals surface area contributed by atoms with Crippen molar-refractivity contribution < 1.29 is 35.6 Å². The van der Waals surface area contributed by atoms with Crippen LogP contribution in [0.4, 0.5) is 51.2 Å². The fourth-order valence-corrected chi connectivity index (χ4v) is 6.86. The van der Waals surface area contributed by atoms with Crippen LogP contribution < -0.4 is 16.2 Å². The molecule has 0 unspecified atom stereocenters. The van der Waals surface area contributed by atoms with Gasteiger partial charge in [0.05, 0.1) is 40.5 Å². The molecule has 18 nitrogen and oxygen atoms in total. The Morgan fingerprint density at radius 3 is 1.80 bits per heavy atom. The summed E-state index contributed by atoms with van der Waals surface area (Å²) < 4.78 is 73.7. The number of hydrogen-bond donors (Lipinski definition) is 4. The van der Waals surface area contributed by atoms with Gasteiger partial charge in [0, 0.05) is 33.7 Å². The molecule has 0 atom stereocenters. The molecular formula is C34H27N9O9S2. The highest BCUT2D eigenvalue weighted by Gasteiger charge is 2.21. The van der Waals surface area contributed by atoms with E-state index in [-0.39, 0.29) is 50.6 Å². The summed E-state index contributed by atoms with van der Waals surface area (Å²) >= 11 is 0. The lowest BCUT2D eigenvalue weighted by Gasteiger charge is -2.09. The number of nitro benzene ring substituents is 1. The zero-order chi connectivity index (χ0) is 38.9. The van der Waals surface area contributed by atoms with Gasteiger partial charge in [0.15, 0.2) is 0 Å². The Kier molecular flexibility index (Phi) is 9.84. The first kappa shape index (κ1) is 37.0. The van der Waals surface area contributed by atoms with Crippen molar-refractivity contribution in [2.75, 3.05) is 18.6 Å². The molecule has 0 spiro atoms. The first-order valence-electron chi connectivity index (χ1n) is 15.4. The van der Waals surface area contributed by atoms with Crippen molar-refractivity contribution in [3.63, 3.8) is 0 Å². The predicted molar refractivity (Wildman–Crippen MR) is 200 cm³/mol. The largest absolute Gasteiger partial charge is 0.494 e. The molecule has 0 saturated heterocycles. The minimum Gasteiger partial charge on any atom is -0.494 e. The van der Waals surface area contributed by atoms with Gasteiger partial charge in [-0.25, -0.2) is 0 Å². The zero-order valence-corrected chi connectivity index (χ0v) is 29.6. The summed E-state index contributed by atoms with van der Waals surface area (Å²) in [4.78, 5) is 9.45. The minimum absolute atomic E-state index is 0.0423. The number of ether oxygens (including phenoxy) is 1. The second kappa shape index (κ2) is 14.4. The van der Waals surface area contributed by atoms with E-state index in [9.17, 15) is 36.1 Å². The number of nitrogens with two attached hydrogens (primary N) is 2. The van der Waals surface area contributed by atoms with Crippen LogP contribution in [-0.4, -0.2) is 38.0 Å². The summed E-state index contributed by atoms with van der Waals surface area (Å²) in [5.41, 5.74) is 13.3. The Labute approximate surface area is 306 Å². The topological polar surface area (TPSA) is 287 Å². The number of rotatable bonds is 10. The van der Waals surface area contributed by atoms with Crippen LogP contribution in [0.2, 0.25) is 0 Å². The fourth-order valence-electron chi connectivity index (χ4n) is 5.44. The first-order chi connectivity index (χ1) is 25.5. The van der Waals surface area contributed by atoms with Gasteiger partial charge in [-0.2, -0.15) is 27.1 Å². The number of hydrogen-bond acceptors (Lipinski definition) is 15. The Morgan fingerprint density at radius 2 is 1.19 bits per heavy atom. The van der Waals surface area contributed by atoms with Crippen molar-refractivity contribution in [3.8, 4) is 5.75 Å². The number of fused-ring (bicyclic) bond motifs is 2. The number of nitro groups is 1. The van der Waals surface area contributed by atoms with Gasteiger partial charge in [0.2, 0.25) is 0 Å². The van der Waals surface area contributed by atoms with Crippen molar-refractivity contribution in [1.29, 1.82) is 0 Å². The number of benzene rings is 6. The molecular weight excluding hydrogens is 743 g/mol. The second-order valence-electron chi connectivity index (χ2n) is 11.5. The van der Waals surface area contributed by atoms with Crippen LogP contribution in [0.25, 0.3) is 21.5 Å². The first-order valence-corrected chi connectivity index (χ1v) is 18.2. The normalized spacial score (nSPS) is 12.4. The van der Waals surface area contributed by atoms with E-state index in [0.29, 0.717) is 33.4 Å². The molecule has 0 bridgehead atoms. The van der Waals surface area contributed by atoms with Gasteiger partial charge in [-0.1, -0.05) is 36.4 Å². The van der Waals surface area contributed by atoms with Gasteiger partial charge < -0.3 is 16.2 Å². The van der Waals surface area contributed by atoms with Gasteiger partial charge in [-0.3, -0.25) is 19.2 Å². The van der Waals surface area contributed by atoms with E-state index in [2.05, 4.69) is 30.7 Å². The molecule has 0 radical (unpaired) electrons. The Bertz CT molecular complexity index is 2840. The molecule has 0 aromatic heterocycles. The molecule has 0 saturated carbocycles. The maximum Gasteiger partial charge on any atom is 0.295 e. The SMILES string of the molecule is COc1cc(N=Nc2ccc(N=Nc3cc(S(=O)(=O)O)c4cccc(S(=O)(=O)O)c4c3)c3ccccc23)c(C)cc1N=Nc1cc([N+](=O)[O-])c(N)cc1N. The quantitative estimate of drug-likeness (QED) is 0.0335. The number of nitrogen functional groups attached to an aromatic ring is 2. The lowest BCUT2D eigenvalue weighted by molar-refractivity contribution is -0.383. The van der Waals surface area contributed by atoms with Gasteiger partial charge in [0.25, 0.3) is 25.9 Å². The third kappa shape index (κ3) is 7.56. The lowest BCUT2D eigenvalue weighted by atomic mass is 10.1. The highest BCUT2D eigenvalue weighted by atomic mass is 32.2. The van der Waals surface area contributed by atoms with Crippen LogP contribution in [0.5, 0.6) is 5.75 Å². The molecule has 6 aromatic carbocycles. The summed E-state index contributed by atoms with van der Waals surface area (Å²) in [6, 6.07) is 21.7. The maximum absolute atomic E-state index is 12.2. The molecule has 54 heavy (non-hydrogen) atoms. The highest BCUT2D eigenvalue weighted by Crippen LogP contribution is 2.41. The van der Waals surface area contributed by atoms with E-state index in [1.807, 2.05) is 0 Å². The number of anilines is 2. The van der Waals surface area contributed by atoms with Crippen LogP contribution in [0.3, 0.4) is 0 Å². The lowest BCUT2D eigenvalue weighted by Crippen LogP contribution is -2.03. The number of nitrogens with zero attached hydrogens (tertiary/aromatic N) is 7. The van der Waals surface area contributed by atoms with E-state index in [1.54, 1.807) is 55.5 Å². The number of azo groups is 3. The summed E-state index contributed by atoms with van der Waals surface area (Å²) in [5.74, 6) is 0.275. The summed E-state index contributed by atoms with van der Waals surface area (Å²) in [6.07, 6.45) is 0. The van der Waals surface area contributed by atoms with E-state index in [4.69, 9.17) is 16.2 Å². The van der Waals surface area contributed by atoms with E-state index >= 15 is 0 Å². The Morgan fingerprint density at radius 1 is 0.611 bits per heavy atom. The van der Waals surface area contributed by atoms with E-state index in [0.717, 1.165) is 18.2 Å². The fraction of sp³-hybridized carbons (Fsp3) is 0.0588. The van der Waals surface area contributed by atoms with Gasteiger partial charge in [0.1, 0.15) is 32.6 Å². The third-order valence-corrected chi connectivity index (χ3v) is 9.82. The minimum atomic E-state index is -4.85. The molecule has 0 fully saturated rings. The Hall–Kier alpha value is -6.74. The average molecular weight is 770 g/mol. The highest BCUT2D eigenvalue weighted by molar-refractivity contribution is 7.86. The molecule has 6 N–H and O–H groups in total. The number of aryl methyl sites for hydroxylation is 1. The van der Waals surface area contributed by atoms with Crippen LogP contribution >= 0.6 is 0 Å². The van der Waals surface area contributed by atoms with Crippen LogP contribution in [-0.2, 0) is 20.2 Å². The van der Waals surface area contributed by atoms with Crippen molar-refractivity contribution in [2.24, 2.45) is 30.7 Å². The van der Waals surface area contributed by atoms with Crippen molar-refractivity contribution in [2.45, 2.75) is 16.7 Å². The second-order valence-corrected chi connectivity index (χ2v) is 14.3. The van der Waals surface area contributed by atoms with Crippen molar-refractivity contribution in [3.05, 3.63) is 107 Å². The van der Waals surface area contributed by atoms with Crippen LogP contribution in [0.1, 0.15) is 5.56 Å². The summed E-state index contributed by atoms with van der Waals surface area (Å²) in [7, 11) is -8.20. The van der Waals surface area contributed by atoms with Crippen molar-refractivity contribution in [1.82, 2.24) is 0 Å². The summed E-state index contributed by atoms with van der Waals surface area (Å²) in [5, 5.41) is 37.7. The molecule has 0 amide bonds. The molecule has 0 aliphatic carbocycles. The average Bonchev–Trinajstić information content (AvgIpc) is 3.11. The molecule has 6 rings (SSSR count). The maximum atomic E-state index is 12.2. The van der Waals surface area contributed by atoms with Gasteiger partial charge >= 0.3 is 0 Å².